The highest BCUT2D eigenvalue weighted by atomic mass is 32.1. The van der Waals surface area contributed by atoms with Gasteiger partial charge in [-0.2, -0.15) is 4.98 Å². The van der Waals surface area contributed by atoms with Gasteiger partial charge in [-0.15, -0.1) is 16.4 Å². The normalized spacial score (nSPS) is 10.9. The Labute approximate surface area is 210 Å². The first-order valence-electron chi connectivity index (χ1n) is 11.1. The third kappa shape index (κ3) is 5.05. The van der Waals surface area contributed by atoms with E-state index in [4.69, 9.17) is 0 Å². The number of amides is 2. The first-order chi connectivity index (χ1) is 17.3. The van der Waals surface area contributed by atoms with Crippen molar-refractivity contribution in [3.8, 4) is 11.3 Å². The molecule has 5 aromatic rings. The van der Waals surface area contributed by atoms with Crippen LogP contribution < -0.4 is 16.0 Å². The number of anilines is 4. The third-order valence-electron chi connectivity index (χ3n) is 5.17. The van der Waals surface area contributed by atoms with Gasteiger partial charge < -0.3 is 10.6 Å². The number of aromatic nitrogens is 5. The average molecular weight is 499 g/mol. The zero-order chi connectivity index (χ0) is 25.2. The number of rotatable bonds is 6. The van der Waals surface area contributed by atoms with Crippen molar-refractivity contribution in [1.29, 1.82) is 0 Å². The number of fused-ring (bicyclic) bond motifs is 1. The van der Waals surface area contributed by atoms with Crippen molar-refractivity contribution in [3.63, 3.8) is 0 Å². The molecule has 0 fully saturated rings. The lowest BCUT2D eigenvalue weighted by molar-refractivity contribution is -0.114. The van der Waals surface area contributed by atoms with Crippen LogP contribution in [0.5, 0.6) is 0 Å². The predicted octanol–water partition coefficient (Wildman–Crippen LogP) is 4.82. The van der Waals surface area contributed by atoms with Crippen molar-refractivity contribution in [2.24, 2.45) is 0 Å². The van der Waals surface area contributed by atoms with Gasteiger partial charge in [-0.3, -0.25) is 14.9 Å². The molecule has 10 nitrogen and oxygen atoms in total. The minimum absolute atomic E-state index is 0.128. The molecule has 0 aliphatic heterocycles. The highest BCUT2D eigenvalue weighted by Gasteiger charge is 2.15. The monoisotopic (exact) mass is 498 g/mol. The van der Waals surface area contributed by atoms with E-state index in [1.54, 1.807) is 22.7 Å². The summed E-state index contributed by atoms with van der Waals surface area (Å²) in [4.78, 5) is 38.0. The highest BCUT2D eigenvalue weighted by Crippen LogP contribution is 2.27. The molecule has 3 N–H and O–H groups in total. The average Bonchev–Trinajstić information content (AvgIpc) is 3.39. The first-order valence-corrected chi connectivity index (χ1v) is 11.9. The third-order valence-corrected chi connectivity index (χ3v) is 5.99. The standard InChI is InChI=1S/C25H22N8O2S/c1-14-11-15(2)27-23(26-14)29-20-6-4-5-18(12-20)22(35)30-24-31-25-33(32-24)21(13-36-25)17-7-9-19(10-8-17)28-16(3)34/h4-13H,1-3H3,(H,28,34)(H,26,27,29)(H,30,32,35). The molecule has 180 valence electrons. The van der Waals surface area contributed by atoms with E-state index in [0.717, 1.165) is 22.6 Å². The van der Waals surface area contributed by atoms with Gasteiger partial charge in [0, 0.05) is 46.2 Å². The minimum atomic E-state index is -0.334. The predicted molar refractivity (Wildman–Crippen MR) is 140 cm³/mol. The van der Waals surface area contributed by atoms with Gasteiger partial charge in [0.1, 0.15) is 0 Å². The fourth-order valence-electron chi connectivity index (χ4n) is 3.68. The van der Waals surface area contributed by atoms with Crippen molar-refractivity contribution in [2.45, 2.75) is 20.8 Å². The number of carbonyl (C=O) groups excluding carboxylic acids is 2. The minimum Gasteiger partial charge on any atom is -0.326 e. The Morgan fingerprint density at radius 1 is 0.861 bits per heavy atom. The highest BCUT2D eigenvalue weighted by molar-refractivity contribution is 7.15. The molecule has 0 saturated carbocycles. The van der Waals surface area contributed by atoms with Crippen LogP contribution in [0.2, 0.25) is 0 Å². The maximum atomic E-state index is 12.9. The topological polar surface area (TPSA) is 126 Å². The summed E-state index contributed by atoms with van der Waals surface area (Å²) in [5.74, 6) is 0.217. The van der Waals surface area contributed by atoms with E-state index in [1.807, 2.05) is 55.6 Å². The van der Waals surface area contributed by atoms with Gasteiger partial charge in [0.15, 0.2) is 0 Å². The van der Waals surface area contributed by atoms with E-state index >= 15 is 0 Å². The largest absolute Gasteiger partial charge is 0.326 e. The molecule has 0 spiro atoms. The van der Waals surface area contributed by atoms with Gasteiger partial charge in [0.25, 0.3) is 11.9 Å². The second-order valence-electron chi connectivity index (χ2n) is 8.14. The summed E-state index contributed by atoms with van der Waals surface area (Å²) in [5, 5.41) is 15.1. The Kier molecular flexibility index (Phi) is 6.13. The van der Waals surface area contributed by atoms with Crippen LogP contribution in [-0.2, 0) is 4.79 Å². The number of thiazole rings is 1. The molecule has 0 unspecified atom stereocenters. The number of aryl methyl sites for hydroxylation is 2. The zero-order valence-corrected chi connectivity index (χ0v) is 20.6. The van der Waals surface area contributed by atoms with Gasteiger partial charge in [-0.05, 0) is 50.2 Å². The molecule has 0 saturated heterocycles. The zero-order valence-electron chi connectivity index (χ0n) is 19.7. The van der Waals surface area contributed by atoms with Crippen LogP contribution in [0.1, 0.15) is 28.7 Å². The lowest BCUT2D eigenvalue weighted by Gasteiger charge is -2.08. The number of carbonyl (C=O) groups is 2. The summed E-state index contributed by atoms with van der Waals surface area (Å²) in [6.45, 7) is 5.27. The molecule has 0 atom stereocenters. The molecular weight excluding hydrogens is 476 g/mol. The van der Waals surface area contributed by atoms with Crippen LogP contribution in [0, 0.1) is 13.8 Å². The number of nitrogens with zero attached hydrogens (tertiary/aromatic N) is 5. The SMILES string of the molecule is CC(=O)Nc1ccc(-c2csc3nc(NC(=O)c4cccc(Nc5nc(C)cc(C)n5)c4)nn23)cc1. The molecule has 36 heavy (non-hydrogen) atoms. The van der Waals surface area contributed by atoms with Crippen molar-refractivity contribution < 1.29 is 9.59 Å². The molecule has 2 aromatic carbocycles. The molecule has 2 amide bonds. The van der Waals surface area contributed by atoms with E-state index in [-0.39, 0.29) is 17.8 Å². The maximum absolute atomic E-state index is 12.9. The van der Waals surface area contributed by atoms with Crippen LogP contribution >= 0.6 is 11.3 Å². The maximum Gasteiger partial charge on any atom is 0.258 e. The van der Waals surface area contributed by atoms with E-state index in [9.17, 15) is 9.59 Å². The summed E-state index contributed by atoms with van der Waals surface area (Å²) in [6, 6.07) is 16.4. The second kappa shape index (κ2) is 9.55. The first kappa shape index (κ1) is 23.1. The van der Waals surface area contributed by atoms with Gasteiger partial charge >= 0.3 is 0 Å². The van der Waals surface area contributed by atoms with Gasteiger partial charge in [0.05, 0.1) is 5.69 Å². The van der Waals surface area contributed by atoms with Crippen LogP contribution in [0.25, 0.3) is 16.2 Å². The lowest BCUT2D eigenvalue weighted by Crippen LogP contribution is -2.13. The molecular formula is C25H22N8O2S. The number of benzene rings is 2. The van der Waals surface area contributed by atoms with Crippen molar-refractivity contribution in [2.75, 3.05) is 16.0 Å². The molecule has 0 aliphatic carbocycles. The Balaban J connectivity index is 1.32. The van der Waals surface area contributed by atoms with Crippen molar-refractivity contribution in [3.05, 3.63) is 76.9 Å². The molecule has 0 bridgehead atoms. The van der Waals surface area contributed by atoms with E-state index < -0.39 is 0 Å². The van der Waals surface area contributed by atoms with Crippen LogP contribution in [0.3, 0.4) is 0 Å². The summed E-state index contributed by atoms with van der Waals surface area (Å²) in [5.41, 5.74) is 5.29. The fraction of sp³-hybridized carbons (Fsp3) is 0.120. The number of hydrogen-bond donors (Lipinski definition) is 3. The van der Waals surface area contributed by atoms with Crippen LogP contribution in [0.15, 0.2) is 60.0 Å². The Morgan fingerprint density at radius 2 is 1.61 bits per heavy atom. The van der Waals surface area contributed by atoms with Crippen LogP contribution in [-0.4, -0.2) is 36.4 Å². The quantitative estimate of drug-likeness (QED) is 0.306. The van der Waals surface area contributed by atoms with Gasteiger partial charge in [-0.25, -0.2) is 14.5 Å². The smallest absolute Gasteiger partial charge is 0.258 e. The molecule has 0 aliphatic rings. The van der Waals surface area contributed by atoms with Gasteiger partial charge in [-0.1, -0.05) is 18.2 Å². The Morgan fingerprint density at radius 3 is 2.33 bits per heavy atom. The van der Waals surface area contributed by atoms with E-state index in [1.165, 1.54) is 18.3 Å². The number of hydrogen-bond acceptors (Lipinski definition) is 8. The summed E-state index contributed by atoms with van der Waals surface area (Å²) in [6.07, 6.45) is 0. The summed E-state index contributed by atoms with van der Waals surface area (Å²) >= 11 is 1.42. The second-order valence-corrected chi connectivity index (χ2v) is 8.98. The molecule has 3 heterocycles. The molecule has 5 rings (SSSR count). The van der Waals surface area contributed by atoms with Crippen molar-refractivity contribution >= 4 is 51.4 Å². The van der Waals surface area contributed by atoms with Crippen LogP contribution in [0.4, 0.5) is 23.3 Å². The van der Waals surface area contributed by atoms with E-state index in [0.29, 0.717) is 27.8 Å². The number of nitrogens with one attached hydrogen (secondary N) is 3. The fourth-order valence-corrected chi connectivity index (χ4v) is 4.51. The molecule has 11 heteroatoms. The molecule has 3 aromatic heterocycles. The Hall–Kier alpha value is -4.64. The summed E-state index contributed by atoms with van der Waals surface area (Å²) in [7, 11) is 0. The van der Waals surface area contributed by atoms with Crippen molar-refractivity contribution in [1.82, 2.24) is 24.6 Å². The Bertz CT molecular complexity index is 1570. The molecule has 0 radical (unpaired) electrons. The van der Waals surface area contributed by atoms with E-state index in [2.05, 4.69) is 36.0 Å². The van der Waals surface area contributed by atoms with Gasteiger partial charge in [0.2, 0.25) is 16.8 Å². The lowest BCUT2D eigenvalue weighted by atomic mass is 10.1. The summed E-state index contributed by atoms with van der Waals surface area (Å²) < 4.78 is 1.68.